The third-order valence-electron chi connectivity index (χ3n) is 16.3. The lowest BCUT2D eigenvalue weighted by Gasteiger charge is -2.39. The fourth-order valence-electron chi connectivity index (χ4n) is 11.2. The van der Waals surface area contributed by atoms with Crippen molar-refractivity contribution in [1.29, 1.82) is 0 Å². The molecule has 0 saturated heterocycles. The van der Waals surface area contributed by atoms with Crippen LogP contribution in [0, 0.1) is 39.5 Å². The lowest BCUT2D eigenvalue weighted by Crippen LogP contribution is -2.24. The lowest BCUT2D eigenvalue weighted by atomic mass is 9.65. The number of benzene rings is 8. The van der Waals surface area contributed by atoms with Crippen LogP contribution in [0.2, 0.25) is 0 Å². The molecule has 3 unspecified atom stereocenters. The van der Waals surface area contributed by atoms with Gasteiger partial charge in [0, 0.05) is 5.92 Å². The van der Waals surface area contributed by atoms with Crippen LogP contribution in [-0.2, 0) is 0 Å². The van der Waals surface area contributed by atoms with Crippen LogP contribution in [0.3, 0.4) is 0 Å². The van der Waals surface area contributed by atoms with Gasteiger partial charge in [-0.2, -0.15) is 0 Å². The van der Waals surface area contributed by atoms with E-state index in [0.717, 1.165) is 12.8 Å². The summed E-state index contributed by atoms with van der Waals surface area (Å²) in [5.41, 5.74) is 29.1. The van der Waals surface area contributed by atoms with Crippen molar-refractivity contribution in [3.8, 4) is 44.5 Å². The number of allylic oxidation sites excluding steroid dienone is 14. The van der Waals surface area contributed by atoms with Crippen molar-refractivity contribution in [2.45, 2.75) is 129 Å². The van der Waals surface area contributed by atoms with Gasteiger partial charge in [0.05, 0.1) is 0 Å². The first-order valence-corrected chi connectivity index (χ1v) is 30.9. The quantitative estimate of drug-likeness (QED) is 0.135. The molecule has 8 aromatic rings. The van der Waals surface area contributed by atoms with Gasteiger partial charge in [-0.1, -0.05) is 306 Å². The van der Waals surface area contributed by atoms with Crippen LogP contribution in [0.5, 0.6) is 0 Å². The van der Waals surface area contributed by atoms with Gasteiger partial charge in [-0.3, -0.25) is 0 Å². The molecule has 0 spiro atoms. The molecule has 0 amide bonds. The van der Waals surface area contributed by atoms with Crippen molar-refractivity contribution >= 4 is 0 Å². The van der Waals surface area contributed by atoms with Crippen LogP contribution in [0.25, 0.3) is 44.5 Å². The predicted octanol–water partition coefficient (Wildman–Crippen LogP) is 24.5. The maximum absolute atomic E-state index is 2.41. The van der Waals surface area contributed by atoms with Gasteiger partial charge in [0.15, 0.2) is 0 Å². The van der Waals surface area contributed by atoms with E-state index in [1.165, 1.54) is 111 Å². The van der Waals surface area contributed by atoms with Crippen molar-refractivity contribution in [3.63, 3.8) is 0 Å². The van der Waals surface area contributed by atoms with Crippen molar-refractivity contribution in [1.82, 2.24) is 0 Å². The minimum atomic E-state index is 0.447. The lowest BCUT2D eigenvalue weighted by molar-refractivity contribution is 0.482. The van der Waals surface area contributed by atoms with Gasteiger partial charge in [-0.05, 0) is 194 Å². The summed E-state index contributed by atoms with van der Waals surface area (Å²) in [4.78, 5) is 0. The largest absolute Gasteiger partial charge is 0.0766 e. The van der Waals surface area contributed by atoms with Gasteiger partial charge < -0.3 is 0 Å². The Morgan fingerprint density at radius 1 is 0.410 bits per heavy atom. The Morgan fingerprint density at radius 2 is 0.819 bits per heavy atom. The van der Waals surface area contributed by atoms with Crippen molar-refractivity contribution < 1.29 is 0 Å². The average molecular weight is 1090 g/mol. The van der Waals surface area contributed by atoms with E-state index < -0.39 is 0 Å². The zero-order valence-electron chi connectivity index (χ0n) is 52.9. The monoisotopic (exact) mass is 1090 g/mol. The van der Waals surface area contributed by atoms with E-state index >= 15 is 0 Å². The van der Waals surface area contributed by atoms with Gasteiger partial charge in [0.2, 0.25) is 0 Å². The molecule has 426 valence electrons. The molecule has 0 heteroatoms. The number of hydrogen-bond acceptors (Lipinski definition) is 0. The SMILES string of the molecule is CC.CC.CC.CC(C)c1ccccc1.CC1=CCC2=CC=C3C(CC(C)C(C)c4ccccc4)=CC=C4C=CC1=C2C43.Cc1cc(-c2ccccc2)cc(-c2ccccc2)c1C.Cc1cc(-c2ccccc2)cc(-c2ccccc2)c1C. The van der Waals surface area contributed by atoms with E-state index in [1.54, 1.807) is 5.57 Å². The summed E-state index contributed by atoms with van der Waals surface area (Å²) in [7, 11) is 0. The van der Waals surface area contributed by atoms with Crippen LogP contribution in [-0.4, -0.2) is 0 Å². The standard InChI is InChI=1S/C28H28.2C20H18.C9H12.3C2H6/c1-18-9-10-22-14-16-26-24(12-11-23-13-15-25(18)27(22)28(23)26)17-19(2)20(3)21-7-5-4-6-8-21;2*1-15-13-19(17-9-5-3-6-10-17)14-20(16(15)2)18-11-7-4-8-12-18;1-8(2)9-6-4-3-5-7-9;3*1-2/h4-9,11-16,19-20,28H,10,17H2,1-3H3;2*3-14H,1-2H3;3-8H,1-2H3;3*1-2H3. The van der Waals surface area contributed by atoms with Crippen LogP contribution in [0.15, 0.2) is 288 Å². The molecule has 12 rings (SSSR count). The minimum Gasteiger partial charge on any atom is -0.0766 e. The van der Waals surface area contributed by atoms with Crippen molar-refractivity contribution in [2.24, 2.45) is 11.8 Å². The second-order valence-corrected chi connectivity index (χ2v) is 21.7. The Kier molecular flexibility index (Phi) is 25.1. The summed E-state index contributed by atoms with van der Waals surface area (Å²) in [6, 6.07) is 73.0. The van der Waals surface area contributed by atoms with Gasteiger partial charge in [0.25, 0.3) is 0 Å². The van der Waals surface area contributed by atoms with Crippen LogP contribution < -0.4 is 0 Å². The van der Waals surface area contributed by atoms with Crippen molar-refractivity contribution in [3.05, 3.63) is 321 Å². The highest BCUT2D eigenvalue weighted by atomic mass is 14.4. The second-order valence-electron chi connectivity index (χ2n) is 21.7. The molecule has 4 aliphatic rings. The minimum absolute atomic E-state index is 0.447. The number of hydrogen-bond donors (Lipinski definition) is 0. The summed E-state index contributed by atoms with van der Waals surface area (Å²) in [5, 5.41) is 0. The maximum Gasteiger partial charge on any atom is 0.0351 e. The highest BCUT2D eigenvalue weighted by molar-refractivity contribution is 5.78. The van der Waals surface area contributed by atoms with Crippen LogP contribution in [0.1, 0.15) is 134 Å². The molecule has 83 heavy (non-hydrogen) atoms. The van der Waals surface area contributed by atoms with E-state index in [2.05, 4.69) is 305 Å². The molecule has 0 radical (unpaired) electrons. The Bertz CT molecular complexity index is 3370. The zero-order valence-corrected chi connectivity index (χ0v) is 52.9. The summed E-state index contributed by atoms with van der Waals surface area (Å²) in [5.74, 6) is 2.27. The smallest absolute Gasteiger partial charge is 0.0351 e. The molecule has 8 aromatic carbocycles. The maximum atomic E-state index is 2.41. The second kappa shape index (κ2) is 32.5. The van der Waals surface area contributed by atoms with Gasteiger partial charge in [-0.25, -0.2) is 0 Å². The van der Waals surface area contributed by atoms with E-state index in [-0.39, 0.29) is 0 Å². The van der Waals surface area contributed by atoms with E-state index in [9.17, 15) is 0 Å². The molecular formula is C83H94. The van der Waals surface area contributed by atoms with E-state index in [0.29, 0.717) is 23.7 Å². The first-order chi connectivity index (χ1) is 40.4. The summed E-state index contributed by atoms with van der Waals surface area (Å²) in [6.45, 7) is 32.2. The van der Waals surface area contributed by atoms with E-state index in [1.807, 2.05) is 47.6 Å². The molecule has 0 aromatic heterocycles. The summed E-state index contributed by atoms with van der Waals surface area (Å²) in [6.07, 6.45) is 18.8. The van der Waals surface area contributed by atoms with Crippen molar-refractivity contribution in [2.75, 3.05) is 0 Å². The van der Waals surface area contributed by atoms with Gasteiger partial charge >= 0.3 is 0 Å². The highest BCUT2D eigenvalue weighted by Gasteiger charge is 2.36. The number of rotatable bonds is 9. The van der Waals surface area contributed by atoms with E-state index in [4.69, 9.17) is 0 Å². The Hall–Kier alpha value is -8.06. The average Bonchev–Trinajstić information content (AvgIpc) is 2.84. The Morgan fingerprint density at radius 3 is 1.24 bits per heavy atom. The molecule has 3 atom stereocenters. The molecule has 0 saturated carbocycles. The van der Waals surface area contributed by atoms with Gasteiger partial charge in [-0.15, -0.1) is 0 Å². The topological polar surface area (TPSA) is 0 Å². The molecular weight excluding hydrogens is 997 g/mol. The third kappa shape index (κ3) is 16.6. The van der Waals surface area contributed by atoms with Gasteiger partial charge in [0.1, 0.15) is 0 Å². The normalized spacial score (nSPS) is 14.6. The molecule has 0 N–H and O–H groups in total. The fraction of sp³-hybridized carbons (Fsp3) is 0.253. The summed E-state index contributed by atoms with van der Waals surface area (Å²) >= 11 is 0. The first-order valence-electron chi connectivity index (χ1n) is 30.9. The zero-order chi connectivity index (χ0) is 59.8. The van der Waals surface area contributed by atoms with Crippen LogP contribution >= 0.6 is 0 Å². The van der Waals surface area contributed by atoms with Crippen LogP contribution in [0.4, 0.5) is 0 Å². The number of aryl methyl sites for hydroxylation is 2. The molecule has 0 heterocycles. The fourth-order valence-corrected chi connectivity index (χ4v) is 11.2. The third-order valence-corrected chi connectivity index (χ3v) is 16.3. The molecule has 0 fully saturated rings. The first kappa shape index (κ1) is 64.1. The predicted molar refractivity (Wildman–Crippen MR) is 367 cm³/mol. The molecule has 0 bridgehead atoms. The summed E-state index contributed by atoms with van der Waals surface area (Å²) < 4.78 is 0. The highest BCUT2D eigenvalue weighted by Crippen LogP contribution is 2.51. The Labute approximate surface area is 503 Å². The molecule has 0 nitrogen and oxygen atoms in total. The molecule has 4 aliphatic carbocycles. The molecule has 0 aliphatic heterocycles. The Balaban J connectivity index is 0.000000181.